The lowest BCUT2D eigenvalue weighted by atomic mass is 10.1. The maximum absolute atomic E-state index is 12.6. The minimum atomic E-state index is -0.588. The number of rotatable bonds is 6. The molecule has 0 saturated carbocycles. The number of ether oxygens (including phenoxy) is 1. The standard InChI is InChI=1S/C17H17BrN2O3/c1-20(10-12-6-8-13(18)9-7-12)17(22)14-4-2-3-5-15(14)23-11-16(19)21/h2-9H,10-11H2,1H3,(H2,19,21). The van der Waals surface area contributed by atoms with Crippen LogP contribution in [0.5, 0.6) is 5.75 Å². The van der Waals surface area contributed by atoms with Gasteiger partial charge in [-0.05, 0) is 29.8 Å². The van der Waals surface area contributed by atoms with Crippen LogP contribution in [0.25, 0.3) is 0 Å². The van der Waals surface area contributed by atoms with Crippen molar-refractivity contribution in [3.63, 3.8) is 0 Å². The van der Waals surface area contributed by atoms with Crippen molar-refractivity contribution < 1.29 is 14.3 Å². The lowest BCUT2D eigenvalue weighted by Gasteiger charge is -2.19. The quantitative estimate of drug-likeness (QED) is 0.841. The van der Waals surface area contributed by atoms with Crippen LogP contribution in [0.1, 0.15) is 15.9 Å². The normalized spacial score (nSPS) is 10.2. The molecule has 0 aromatic heterocycles. The van der Waals surface area contributed by atoms with Gasteiger partial charge >= 0.3 is 0 Å². The zero-order chi connectivity index (χ0) is 16.8. The van der Waals surface area contributed by atoms with Crippen LogP contribution >= 0.6 is 15.9 Å². The van der Waals surface area contributed by atoms with Gasteiger partial charge < -0.3 is 15.4 Å². The van der Waals surface area contributed by atoms with Crippen molar-refractivity contribution in [2.45, 2.75) is 6.54 Å². The summed E-state index contributed by atoms with van der Waals surface area (Å²) in [6.07, 6.45) is 0. The molecular formula is C17H17BrN2O3. The van der Waals surface area contributed by atoms with Gasteiger partial charge in [0, 0.05) is 18.1 Å². The molecular weight excluding hydrogens is 360 g/mol. The molecule has 2 amide bonds. The molecule has 2 N–H and O–H groups in total. The molecule has 0 saturated heterocycles. The molecule has 23 heavy (non-hydrogen) atoms. The molecule has 0 aliphatic heterocycles. The van der Waals surface area contributed by atoms with E-state index in [-0.39, 0.29) is 12.5 Å². The zero-order valence-electron chi connectivity index (χ0n) is 12.7. The number of halogens is 1. The van der Waals surface area contributed by atoms with Crippen LogP contribution in [0, 0.1) is 0 Å². The van der Waals surface area contributed by atoms with Gasteiger partial charge in [-0.25, -0.2) is 0 Å². The minimum absolute atomic E-state index is 0.187. The van der Waals surface area contributed by atoms with Crippen LogP contribution in [0.15, 0.2) is 53.0 Å². The van der Waals surface area contributed by atoms with Gasteiger partial charge in [-0.15, -0.1) is 0 Å². The van der Waals surface area contributed by atoms with Crippen molar-refractivity contribution in [1.29, 1.82) is 0 Å². The fourth-order valence-corrected chi connectivity index (χ4v) is 2.32. The van der Waals surface area contributed by atoms with E-state index in [9.17, 15) is 9.59 Å². The van der Waals surface area contributed by atoms with Crippen LogP contribution in [0.3, 0.4) is 0 Å². The number of hydrogen-bond donors (Lipinski definition) is 1. The lowest BCUT2D eigenvalue weighted by Crippen LogP contribution is -2.27. The number of nitrogens with two attached hydrogens (primary N) is 1. The van der Waals surface area contributed by atoms with Gasteiger partial charge in [0.1, 0.15) is 5.75 Å². The molecule has 0 atom stereocenters. The zero-order valence-corrected chi connectivity index (χ0v) is 14.2. The molecule has 0 spiro atoms. The predicted octanol–water partition coefficient (Wildman–Crippen LogP) is 2.59. The summed E-state index contributed by atoms with van der Waals surface area (Å²) in [7, 11) is 1.72. The monoisotopic (exact) mass is 376 g/mol. The molecule has 6 heteroatoms. The summed E-state index contributed by atoms with van der Waals surface area (Å²) < 4.78 is 6.29. The Kier molecular flexibility index (Phi) is 5.76. The van der Waals surface area contributed by atoms with Gasteiger partial charge in [-0.3, -0.25) is 9.59 Å². The molecule has 0 unspecified atom stereocenters. The first-order chi connectivity index (χ1) is 11.0. The average molecular weight is 377 g/mol. The van der Waals surface area contributed by atoms with Gasteiger partial charge in [-0.2, -0.15) is 0 Å². The summed E-state index contributed by atoms with van der Waals surface area (Å²) in [5.74, 6) is -0.428. The van der Waals surface area contributed by atoms with E-state index in [1.807, 2.05) is 24.3 Å². The molecule has 0 bridgehead atoms. The van der Waals surface area contributed by atoms with Crippen molar-refractivity contribution >= 4 is 27.7 Å². The third-order valence-corrected chi connectivity index (χ3v) is 3.70. The first-order valence-electron chi connectivity index (χ1n) is 6.97. The molecule has 2 aromatic rings. The fourth-order valence-electron chi connectivity index (χ4n) is 2.06. The van der Waals surface area contributed by atoms with E-state index in [0.29, 0.717) is 17.9 Å². The molecule has 2 aromatic carbocycles. The fraction of sp³-hybridized carbons (Fsp3) is 0.176. The van der Waals surface area contributed by atoms with Gasteiger partial charge in [0.2, 0.25) is 0 Å². The Bertz CT molecular complexity index is 701. The van der Waals surface area contributed by atoms with Crippen LogP contribution < -0.4 is 10.5 Å². The van der Waals surface area contributed by atoms with Crippen molar-refractivity contribution in [3.05, 3.63) is 64.1 Å². The van der Waals surface area contributed by atoms with Crippen LogP contribution in [0.2, 0.25) is 0 Å². The molecule has 5 nitrogen and oxygen atoms in total. The van der Waals surface area contributed by atoms with E-state index in [0.717, 1.165) is 10.0 Å². The summed E-state index contributed by atoms with van der Waals surface area (Å²) in [4.78, 5) is 25.0. The molecule has 0 fully saturated rings. The summed E-state index contributed by atoms with van der Waals surface area (Å²) in [5.41, 5.74) is 6.49. The molecule has 0 aliphatic carbocycles. The third-order valence-electron chi connectivity index (χ3n) is 3.17. The second-order valence-electron chi connectivity index (χ2n) is 5.04. The number of hydrogen-bond acceptors (Lipinski definition) is 3. The van der Waals surface area contributed by atoms with Crippen molar-refractivity contribution in [1.82, 2.24) is 4.90 Å². The highest BCUT2D eigenvalue weighted by atomic mass is 79.9. The summed E-state index contributed by atoms with van der Waals surface area (Å²) in [5, 5.41) is 0. The van der Waals surface area contributed by atoms with E-state index < -0.39 is 5.91 Å². The molecule has 0 aliphatic rings. The molecule has 2 rings (SSSR count). The van der Waals surface area contributed by atoms with Crippen molar-refractivity contribution in [3.8, 4) is 5.75 Å². The van der Waals surface area contributed by atoms with Gasteiger partial charge in [0.25, 0.3) is 11.8 Å². The third kappa shape index (κ3) is 4.82. The highest BCUT2D eigenvalue weighted by Crippen LogP contribution is 2.20. The Morgan fingerprint density at radius 1 is 1.13 bits per heavy atom. The summed E-state index contributed by atoms with van der Waals surface area (Å²) in [6.45, 7) is 0.205. The number of amides is 2. The predicted molar refractivity (Wildman–Crippen MR) is 91.1 cm³/mol. The van der Waals surface area contributed by atoms with Gasteiger partial charge in [-0.1, -0.05) is 40.2 Å². The molecule has 0 radical (unpaired) electrons. The first kappa shape index (κ1) is 17.0. The number of carbonyl (C=O) groups excluding carboxylic acids is 2. The Morgan fingerprint density at radius 2 is 1.78 bits per heavy atom. The van der Waals surface area contributed by atoms with Gasteiger partial charge in [0.05, 0.1) is 5.56 Å². The Balaban J connectivity index is 2.12. The van der Waals surface area contributed by atoms with Crippen LogP contribution in [0.4, 0.5) is 0 Å². The second-order valence-corrected chi connectivity index (χ2v) is 5.95. The van der Waals surface area contributed by atoms with Crippen LogP contribution in [-0.4, -0.2) is 30.4 Å². The highest BCUT2D eigenvalue weighted by Gasteiger charge is 2.17. The largest absolute Gasteiger partial charge is 0.483 e. The van der Waals surface area contributed by atoms with Crippen molar-refractivity contribution in [2.75, 3.05) is 13.7 Å². The summed E-state index contributed by atoms with van der Waals surface area (Å²) >= 11 is 3.38. The SMILES string of the molecule is CN(Cc1ccc(Br)cc1)C(=O)c1ccccc1OCC(N)=O. The van der Waals surface area contributed by atoms with E-state index in [1.165, 1.54) is 0 Å². The number of benzene rings is 2. The molecule has 120 valence electrons. The lowest BCUT2D eigenvalue weighted by molar-refractivity contribution is -0.119. The van der Waals surface area contributed by atoms with E-state index >= 15 is 0 Å². The second kappa shape index (κ2) is 7.78. The van der Waals surface area contributed by atoms with Gasteiger partial charge in [0.15, 0.2) is 6.61 Å². The van der Waals surface area contributed by atoms with Crippen LogP contribution in [-0.2, 0) is 11.3 Å². The van der Waals surface area contributed by atoms with E-state index in [2.05, 4.69) is 15.9 Å². The Labute approximate surface area is 143 Å². The maximum atomic E-state index is 12.6. The Morgan fingerprint density at radius 3 is 2.43 bits per heavy atom. The first-order valence-corrected chi connectivity index (χ1v) is 7.76. The Hall–Kier alpha value is -2.34. The number of primary amides is 1. The topological polar surface area (TPSA) is 72.6 Å². The average Bonchev–Trinajstić information content (AvgIpc) is 2.54. The number of carbonyl (C=O) groups is 2. The maximum Gasteiger partial charge on any atom is 0.257 e. The highest BCUT2D eigenvalue weighted by molar-refractivity contribution is 9.10. The number of nitrogens with zero attached hydrogens (tertiary/aromatic N) is 1. The van der Waals surface area contributed by atoms with Crippen molar-refractivity contribution in [2.24, 2.45) is 5.73 Å². The molecule has 0 heterocycles. The van der Waals surface area contributed by atoms with E-state index in [4.69, 9.17) is 10.5 Å². The number of para-hydroxylation sites is 1. The van der Waals surface area contributed by atoms with E-state index in [1.54, 1.807) is 36.2 Å². The summed E-state index contributed by atoms with van der Waals surface area (Å²) in [6, 6.07) is 14.5. The minimum Gasteiger partial charge on any atom is -0.483 e. The smallest absolute Gasteiger partial charge is 0.257 e.